The highest BCUT2D eigenvalue weighted by Crippen LogP contribution is 2.41. The molecule has 152 valence electrons. The molecule has 1 aromatic heterocycles. The number of carboxylic acids is 1. The zero-order chi connectivity index (χ0) is 20.4. The normalized spacial score (nSPS) is 24.6. The van der Waals surface area contributed by atoms with E-state index in [1.54, 1.807) is 18.1 Å². The maximum absolute atomic E-state index is 12.5. The minimum atomic E-state index is -5.08. The SMILES string of the molecule is CN(C)C[C@]12COC[C@H]1CN(C(=O)c1ncn(C)n1)C2.O=C(O)C(F)(F)F. The predicted octanol–water partition coefficient (Wildman–Crippen LogP) is 0.0986. The van der Waals surface area contributed by atoms with E-state index in [1.165, 1.54) is 0 Å². The van der Waals surface area contributed by atoms with Crippen LogP contribution in [0.3, 0.4) is 0 Å². The third kappa shape index (κ3) is 4.95. The standard InChI is InChI=1S/C13H21N5O2.C2HF3O2/c1-16(2)6-13-7-18(4-10(13)5-20-8-13)12(19)11-14-9-17(3)15-11;3-2(4,5)1(6)7/h9-10H,4-8H2,1-3H3;(H,6,7)/t10-,13+;/m1./s1. The van der Waals surface area contributed by atoms with Crippen molar-refractivity contribution in [1.29, 1.82) is 0 Å². The van der Waals surface area contributed by atoms with Gasteiger partial charge in [-0.25, -0.2) is 9.78 Å². The summed E-state index contributed by atoms with van der Waals surface area (Å²) in [6, 6.07) is 0. The fourth-order valence-electron chi connectivity index (χ4n) is 3.42. The molecule has 0 saturated carbocycles. The number of alkyl halides is 3. The average Bonchev–Trinajstić information content (AvgIpc) is 3.19. The number of halogens is 3. The zero-order valence-corrected chi connectivity index (χ0v) is 15.2. The molecule has 3 heterocycles. The van der Waals surface area contributed by atoms with Crippen molar-refractivity contribution in [3.63, 3.8) is 0 Å². The minimum absolute atomic E-state index is 0.0634. The molecule has 0 unspecified atom stereocenters. The van der Waals surface area contributed by atoms with Crippen LogP contribution in [0.15, 0.2) is 6.33 Å². The number of fused-ring (bicyclic) bond motifs is 1. The molecule has 0 aliphatic carbocycles. The average molecular weight is 393 g/mol. The Labute approximate surface area is 153 Å². The molecule has 0 bridgehead atoms. The van der Waals surface area contributed by atoms with Crippen molar-refractivity contribution in [3.05, 3.63) is 12.2 Å². The van der Waals surface area contributed by atoms with Crippen molar-refractivity contribution in [3.8, 4) is 0 Å². The van der Waals surface area contributed by atoms with Crippen molar-refractivity contribution in [2.75, 3.05) is 46.9 Å². The molecule has 3 rings (SSSR count). The third-order valence-corrected chi connectivity index (χ3v) is 4.47. The highest BCUT2D eigenvalue weighted by Gasteiger charge is 2.52. The van der Waals surface area contributed by atoms with Crippen LogP contribution in [0.1, 0.15) is 10.6 Å². The number of likely N-dealkylation sites (tertiary alicyclic amines) is 1. The summed E-state index contributed by atoms with van der Waals surface area (Å²) >= 11 is 0. The number of rotatable bonds is 3. The van der Waals surface area contributed by atoms with Gasteiger partial charge in [-0.05, 0) is 14.1 Å². The fourth-order valence-corrected chi connectivity index (χ4v) is 3.42. The third-order valence-electron chi connectivity index (χ3n) is 4.47. The summed E-state index contributed by atoms with van der Waals surface area (Å²) in [5.41, 5.74) is 0.0634. The van der Waals surface area contributed by atoms with Crippen LogP contribution in [0.2, 0.25) is 0 Å². The topological polar surface area (TPSA) is 101 Å². The fraction of sp³-hybridized carbons (Fsp3) is 0.733. The second-order valence-corrected chi connectivity index (χ2v) is 7.04. The molecule has 0 radical (unpaired) electrons. The summed E-state index contributed by atoms with van der Waals surface area (Å²) < 4.78 is 38.9. The summed E-state index contributed by atoms with van der Waals surface area (Å²) in [4.78, 5) is 29.5. The van der Waals surface area contributed by atoms with Crippen LogP contribution in [0.5, 0.6) is 0 Å². The first kappa shape index (κ1) is 21.1. The number of aliphatic carboxylic acids is 1. The van der Waals surface area contributed by atoms with Crippen LogP contribution < -0.4 is 0 Å². The Morgan fingerprint density at radius 3 is 2.56 bits per heavy atom. The molecule has 12 heteroatoms. The van der Waals surface area contributed by atoms with Gasteiger partial charge in [0.05, 0.1) is 13.2 Å². The van der Waals surface area contributed by atoms with Gasteiger partial charge < -0.3 is 19.6 Å². The Kier molecular flexibility index (Phi) is 6.10. The Bertz CT molecular complexity index is 693. The smallest absolute Gasteiger partial charge is 0.475 e. The first-order valence-corrected chi connectivity index (χ1v) is 8.12. The monoisotopic (exact) mass is 393 g/mol. The number of amides is 1. The zero-order valence-electron chi connectivity index (χ0n) is 15.2. The number of hydrogen-bond acceptors (Lipinski definition) is 6. The number of carboxylic acid groups (broad SMARTS) is 1. The Morgan fingerprint density at radius 2 is 2.07 bits per heavy atom. The highest BCUT2D eigenvalue weighted by molar-refractivity contribution is 5.90. The summed E-state index contributed by atoms with van der Waals surface area (Å²) in [5.74, 6) is -2.13. The van der Waals surface area contributed by atoms with E-state index in [9.17, 15) is 18.0 Å². The Balaban J connectivity index is 0.000000321. The van der Waals surface area contributed by atoms with Crippen molar-refractivity contribution in [2.45, 2.75) is 6.18 Å². The van der Waals surface area contributed by atoms with Crippen molar-refractivity contribution in [1.82, 2.24) is 24.6 Å². The van der Waals surface area contributed by atoms with Gasteiger partial charge in [-0.3, -0.25) is 9.48 Å². The molecule has 0 aromatic carbocycles. The molecule has 1 N–H and O–H groups in total. The summed E-state index contributed by atoms with van der Waals surface area (Å²) in [6.07, 6.45) is -3.52. The first-order chi connectivity index (χ1) is 12.4. The van der Waals surface area contributed by atoms with E-state index in [2.05, 4.69) is 29.1 Å². The van der Waals surface area contributed by atoms with E-state index in [0.717, 1.165) is 32.8 Å². The summed E-state index contributed by atoms with van der Waals surface area (Å²) in [5, 5.41) is 11.2. The lowest BCUT2D eigenvalue weighted by molar-refractivity contribution is -0.192. The lowest BCUT2D eigenvalue weighted by Crippen LogP contribution is -2.41. The number of hydrogen-bond donors (Lipinski definition) is 1. The second-order valence-electron chi connectivity index (χ2n) is 7.04. The summed E-state index contributed by atoms with van der Waals surface area (Å²) in [6.45, 7) is 3.89. The van der Waals surface area contributed by atoms with Gasteiger partial charge in [0.15, 0.2) is 0 Å². The molecule has 2 atom stereocenters. The van der Waals surface area contributed by atoms with Crippen LogP contribution in [-0.2, 0) is 16.6 Å². The molecule has 1 aromatic rings. The van der Waals surface area contributed by atoms with Crippen LogP contribution in [0.25, 0.3) is 0 Å². The number of aromatic nitrogens is 3. The van der Waals surface area contributed by atoms with Gasteiger partial charge >= 0.3 is 12.1 Å². The van der Waals surface area contributed by atoms with E-state index in [4.69, 9.17) is 14.6 Å². The molecule has 2 aliphatic rings. The van der Waals surface area contributed by atoms with Crippen LogP contribution in [0, 0.1) is 11.3 Å². The van der Waals surface area contributed by atoms with E-state index in [0.29, 0.717) is 5.92 Å². The van der Waals surface area contributed by atoms with Gasteiger partial charge in [-0.15, -0.1) is 5.10 Å². The van der Waals surface area contributed by atoms with Crippen LogP contribution in [-0.4, -0.2) is 94.7 Å². The lowest BCUT2D eigenvalue weighted by Gasteiger charge is -2.30. The Hall–Kier alpha value is -2.21. The maximum Gasteiger partial charge on any atom is 0.490 e. The van der Waals surface area contributed by atoms with Crippen molar-refractivity contribution >= 4 is 11.9 Å². The second kappa shape index (κ2) is 7.80. The minimum Gasteiger partial charge on any atom is -0.475 e. The predicted molar refractivity (Wildman–Crippen MR) is 85.9 cm³/mol. The first-order valence-electron chi connectivity index (χ1n) is 8.12. The molecule has 9 nitrogen and oxygen atoms in total. The largest absolute Gasteiger partial charge is 0.490 e. The van der Waals surface area contributed by atoms with Crippen molar-refractivity contribution in [2.24, 2.45) is 18.4 Å². The molecule has 2 fully saturated rings. The highest BCUT2D eigenvalue weighted by atomic mass is 19.4. The number of carbonyl (C=O) groups is 2. The molecular formula is C15H22F3N5O4. The molecule has 2 aliphatic heterocycles. The molecule has 0 spiro atoms. The van der Waals surface area contributed by atoms with E-state index in [1.807, 2.05) is 4.90 Å². The summed E-state index contributed by atoms with van der Waals surface area (Å²) in [7, 11) is 5.90. The van der Waals surface area contributed by atoms with E-state index in [-0.39, 0.29) is 17.1 Å². The molecule has 2 saturated heterocycles. The van der Waals surface area contributed by atoms with Gasteiger partial charge in [0.1, 0.15) is 6.33 Å². The van der Waals surface area contributed by atoms with Crippen LogP contribution >= 0.6 is 0 Å². The van der Waals surface area contributed by atoms with Gasteiger partial charge in [0.25, 0.3) is 5.91 Å². The van der Waals surface area contributed by atoms with Crippen molar-refractivity contribution < 1.29 is 32.6 Å². The molecular weight excluding hydrogens is 371 g/mol. The maximum atomic E-state index is 12.5. The molecule has 1 amide bonds. The number of carbonyl (C=O) groups excluding carboxylic acids is 1. The quantitative estimate of drug-likeness (QED) is 0.777. The number of nitrogens with zero attached hydrogens (tertiary/aromatic N) is 5. The van der Waals surface area contributed by atoms with Gasteiger partial charge in [0, 0.05) is 38.0 Å². The number of ether oxygens (including phenoxy) is 1. The number of aryl methyl sites for hydroxylation is 1. The molecule has 27 heavy (non-hydrogen) atoms. The van der Waals surface area contributed by atoms with Gasteiger partial charge in [-0.1, -0.05) is 0 Å². The lowest BCUT2D eigenvalue weighted by atomic mass is 9.81. The van der Waals surface area contributed by atoms with E-state index >= 15 is 0 Å². The van der Waals surface area contributed by atoms with Gasteiger partial charge in [-0.2, -0.15) is 13.2 Å². The van der Waals surface area contributed by atoms with E-state index < -0.39 is 12.1 Å². The van der Waals surface area contributed by atoms with Gasteiger partial charge in [0.2, 0.25) is 5.82 Å². The van der Waals surface area contributed by atoms with Crippen LogP contribution in [0.4, 0.5) is 13.2 Å². The Morgan fingerprint density at radius 1 is 1.44 bits per heavy atom.